The maximum Gasteiger partial charge on any atom is 0.277 e. The molecule has 1 aromatic heterocycles. The van der Waals surface area contributed by atoms with Gasteiger partial charge in [-0.15, -0.1) is 0 Å². The highest BCUT2D eigenvalue weighted by molar-refractivity contribution is 5.95. The Bertz CT molecular complexity index is 551. The molecule has 0 spiro atoms. The minimum Gasteiger partial charge on any atom is -0.396 e. The Morgan fingerprint density at radius 1 is 1.50 bits per heavy atom. The van der Waals surface area contributed by atoms with E-state index in [9.17, 15) is 9.59 Å². The summed E-state index contributed by atoms with van der Waals surface area (Å²) in [6, 6.07) is 0. The van der Waals surface area contributed by atoms with Crippen LogP contribution >= 0.6 is 0 Å². The number of nitrogens with zero attached hydrogens (tertiary/aromatic N) is 2. The normalized spacial score (nSPS) is 19.1. The van der Waals surface area contributed by atoms with Crippen LogP contribution in [0.5, 0.6) is 0 Å². The van der Waals surface area contributed by atoms with Crippen LogP contribution in [-0.4, -0.2) is 45.8 Å². The van der Waals surface area contributed by atoms with E-state index in [-0.39, 0.29) is 18.1 Å². The van der Waals surface area contributed by atoms with Crippen molar-refractivity contribution in [2.45, 2.75) is 33.1 Å². The van der Waals surface area contributed by atoms with Gasteiger partial charge < -0.3 is 10.0 Å². The number of likely N-dealkylation sites (tertiary alicyclic amines) is 1. The van der Waals surface area contributed by atoms with Crippen LogP contribution in [0.2, 0.25) is 0 Å². The highest BCUT2D eigenvalue weighted by Crippen LogP contribution is 2.21. The van der Waals surface area contributed by atoms with Crippen molar-refractivity contribution in [2.75, 3.05) is 19.7 Å². The minimum atomic E-state index is -0.428. The number of carbonyl (C=O) groups is 1. The number of carbonyl (C=O) groups excluding carboxylic acids is 1. The van der Waals surface area contributed by atoms with Crippen molar-refractivity contribution in [3.63, 3.8) is 0 Å². The van der Waals surface area contributed by atoms with Gasteiger partial charge in [0, 0.05) is 19.7 Å². The van der Waals surface area contributed by atoms with E-state index < -0.39 is 5.56 Å². The van der Waals surface area contributed by atoms with Crippen LogP contribution in [0.25, 0.3) is 0 Å². The van der Waals surface area contributed by atoms with Gasteiger partial charge in [-0.1, -0.05) is 0 Å². The van der Waals surface area contributed by atoms with Crippen molar-refractivity contribution >= 4 is 5.91 Å². The fraction of sp³-hybridized carbons (Fsp3) is 0.643. The molecule has 1 aromatic rings. The summed E-state index contributed by atoms with van der Waals surface area (Å²) < 4.78 is 0. The SMILES string of the molecule is Cc1n[nH]c(=O)c(C(=O)N2CCCC(CCO)C2)c1C. The van der Waals surface area contributed by atoms with Crippen LogP contribution in [0, 0.1) is 19.8 Å². The first-order chi connectivity index (χ1) is 9.54. The second-order valence-electron chi connectivity index (χ2n) is 5.41. The maximum atomic E-state index is 12.6. The van der Waals surface area contributed by atoms with Crippen molar-refractivity contribution in [2.24, 2.45) is 5.92 Å². The number of aromatic amines is 1. The largest absolute Gasteiger partial charge is 0.396 e. The van der Waals surface area contributed by atoms with E-state index in [2.05, 4.69) is 10.2 Å². The Hall–Kier alpha value is -1.69. The molecule has 6 nitrogen and oxygen atoms in total. The van der Waals surface area contributed by atoms with Crippen molar-refractivity contribution in [1.29, 1.82) is 0 Å². The van der Waals surface area contributed by atoms with Crippen molar-refractivity contribution in [3.05, 3.63) is 27.2 Å². The number of hydrogen-bond acceptors (Lipinski definition) is 4. The fourth-order valence-corrected chi connectivity index (χ4v) is 2.71. The van der Waals surface area contributed by atoms with E-state index in [1.165, 1.54) is 0 Å². The van der Waals surface area contributed by atoms with Crippen LogP contribution in [0.3, 0.4) is 0 Å². The number of hydrogen-bond donors (Lipinski definition) is 2. The summed E-state index contributed by atoms with van der Waals surface area (Å²) in [5.74, 6) is 0.0944. The highest BCUT2D eigenvalue weighted by Gasteiger charge is 2.27. The average molecular weight is 279 g/mol. The first-order valence-corrected chi connectivity index (χ1v) is 7.00. The predicted molar refractivity (Wildman–Crippen MR) is 74.7 cm³/mol. The quantitative estimate of drug-likeness (QED) is 0.849. The Labute approximate surface area is 117 Å². The lowest BCUT2D eigenvalue weighted by Gasteiger charge is -2.32. The number of rotatable bonds is 3. The molecule has 0 aliphatic carbocycles. The molecule has 0 bridgehead atoms. The van der Waals surface area contributed by atoms with Gasteiger partial charge in [-0.05, 0) is 44.6 Å². The second-order valence-corrected chi connectivity index (χ2v) is 5.41. The van der Waals surface area contributed by atoms with E-state index in [1.54, 1.807) is 18.7 Å². The highest BCUT2D eigenvalue weighted by atomic mass is 16.3. The number of aromatic nitrogens is 2. The van der Waals surface area contributed by atoms with E-state index in [1.807, 2.05) is 0 Å². The lowest BCUT2D eigenvalue weighted by Crippen LogP contribution is -2.42. The van der Waals surface area contributed by atoms with Crippen molar-refractivity contribution in [1.82, 2.24) is 15.1 Å². The lowest BCUT2D eigenvalue weighted by molar-refractivity contribution is 0.0650. The van der Waals surface area contributed by atoms with E-state index in [4.69, 9.17) is 5.11 Å². The van der Waals surface area contributed by atoms with Crippen LogP contribution in [-0.2, 0) is 0 Å². The molecule has 0 radical (unpaired) electrons. The lowest BCUT2D eigenvalue weighted by atomic mass is 9.94. The first kappa shape index (κ1) is 14.7. The molecule has 2 rings (SSSR count). The van der Waals surface area contributed by atoms with Crippen molar-refractivity contribution in [3.8, 4) is 0 Å². The van der Waals surface area contributed by atoms with Crippen LogP contribution < -0.4 is 5.56 Å². The molecule has 0 aromatic carbocycles. The molecule has 2 heterocycles. The third kappa shape index (κ3) is 2.90. The Kier molecular flexibility index (Phi) is 4.54. The summed E-state index contributed by atoms with van der Waals surface area (Å²) in [4.78, 5) is 26.2. The molecule has 1 saturated heterocycles. The van der Waals surface area contributed by atoms with Crippen molar-refractivity contribution < 1.29 is 9.90 Å². The van der Waals surface area contributed by atoms with E-state index in [0.29, 0.717) is 36.7 Å². The average Bonchev–Trinajstić information content (AvgIpc) is 2.44. The second kappa shape index (κ2) is 6.17. The fourth-order valence-electron chi connectivity index (χ4n) is 2.71. The smallest absolute Gasteiger partial charge is 0.277 e. The van der Waals surface area contributed by atoms with Crippen LogP contribution in [0.15, 0.2) is 4.79 Å². The molecule has 2 N–H and O–H groups in total. The Morgan fingerprint density at radius 3 is 2.95 bits per heavy atom. The van der Waals surface area contributed by atoms with Gasteiger partial charge in [0.2, 0.25) is 0 Å². The predicted octanol–water partition coefficient (Wildman–Crippen LogP) is 0.621. The standard InChI is InChI=1S/C14H21N3O3/c1-9-10(2)15-16-13(19)12(9)14(20)17-6-3-4-11(8-17)5-7-18/h11,18H,3-8H2,1-2H3,(H,16,19). The molecule has 1 fully saturated rings. The van der Waals surface area contributed by atoms with Crippen LogP contribution in [0.1, 0.15) is 40.9 Å². The zero-order valence-corrected chi connectivity index (χ0v) is 12.0. The monoisotopic (exact) mass is 279 g/mol. The Balaban J connectivity index is 2.23. The molecular weight excluding hydrogens is 258 g/mol. The van der Waals surface area contributed by atoms with Gasteiger partial charge in [-0.25, -0.2) is 5.10 Å². The summed E-state index contributed by atoms with van der Waals surface area (Å²) in [7, 11) is 0. The Morgan fingerprint density at radius 2 is 2.25 bits per heavy atom. The molecule has 1 amide bonds. The zero-order valence-electron chi connectivity index (χ0n) is 12.0. The van der Waals surface area contributed by atoms with Gasteiger partial charge >= 0.3 is 0 Å². The molecule has 1 unspecified atom stereocenters. The topological polar surface area (TPSA) is 86.3 Å². The number of H-pyrrole nitrogens is 1. The van der Waals surface area contributed by atoms with E-state index >= 15 is 0 Å². The molecule has 110 valence electrons. The van der Waals surface area contributed by atoms with Crippen LogP contribution in [0.4, 0.5) is 0 Å². The zero-order chi connectivity index (χ0) is 14.7. The third-order valence-electron chi connectivity index (χ3n) is 4.03. The molecule has 1 aliphatic heterocycles. The molecular formula is C14H21N3O3. The molecule has 20 heavy (non-hydrogen) atoms. The van der Waals surface area contributed by atoms with Gasteiger partial charge in [-0.2, -0.15) is 5.10 Å². The molecule has 0 saturated carbocycles. The number of nitrogens with one attached hydrogen (secondary N) is 1. The number of aliphatic hydroxyl groups excluding tert-OH is 1. The van der Waals surface area contributed by atoms with Gasteiger partial charge in [-0.3, -0.25) is 9.59 Å². The first-order valence-electron chi connectivity index (χ1n) is 7.00. The molecule has 1 atom stereocenters. The summed E-state index contributed by atoms with van der Waals surface area (Å²) in [5.41, 5.74) is 1.07. The van der Waals surface area contributed by atoms with Gasteiger partial charge in [0.05, 0.1) is 5.69 Å². The van der Waals surface area contributed by atoms with E-state index in [0.717, 1.165) is 12.8 Å². The van der Waals surface area contributed by atoms with Gasteiger partial charge in [0.25, 0.3) is 11.5 Å². The maximum absolute atomic E-state index is 12.6. The number of amides is 1. The number of aryl methyl sites for hydroxylation is 1. The summed E-state index contributed by atoms with van der Waals surface area (Å²) >= 11 is 0. The summed E-state index contributed by atoms with van der Waals surface area (Å²) in [6.45, 7) is 4.94. The van der Waals surface area contributed by atoms with Gasteiger partial charge in [0.15, 0.2) is 0 Å². The number of aliphatic hydroxyl groups is 1. The summed E-state index contributed by atoms with van der Waals surface area (Å²) in [5, 5.41) is 15.3. The molecule has 1 aliphatic rings. The molecule has 6 heteroatoms. The summed E-state index contributed by atoms with van der Waals surface area (Å²) in [6.07, 6.45) is 2.64. The third-order valence-corrected chi connectivity index (χ3v) is 4.03. The number of piperidine rings is 1. The minimum absolute atomic E-state index is 0.140. The van der Waals surface area contributed by atoms with Gasteiger partial charge in [0.1, 0.15) is 5.56 Å².